The summed E-state index contributed by atoms with van der Waals surface area (Å²) < 4.78 is 37.3. The highest BCUT2D eigenvalue weighted by molar-refractivity contribution is 5.94. The number of carbonyl (C=O) groups excluding carboxylic acids is 1. The van der Waals surface area contributed by atoms with Gasteiger partial charge in [0.2, 0.25) is 5.91 Å². The predicted molar refractivity (Wildman–Crippen MR) is 49.4 cm³/mol. The second kappa shape index (κ2) is 4.82. The fourth-order valence-electron chi connectivity index (χ4n) is 1.33. The molecule has 82 valence electrons. The first-order chi connectivity index (χ1) is 7.13. The molecule has 2 N–H and O–H groups in total. The molecule has 1 rings (SSSR count). The monoisotopic (exact) mass is 217 g/mol. The summed E-state index contributed by atoms with van der Waals surface area (Å²) in [6.45, 7) is -2.74. The van der Waals surface area contributed by atoms with Crippen LogP contribution < -0.4 is 5.73 Å². The van der Waals surface area contributed by atoms with Gasteiger partial charge in [-0.2, -0.15) is 0 Å². The lowest BCUT2D eigenvalue weighted by atomic mass is 9.99. The van der Waals surface area contributed by atoms with Crippen LogP contribution in [0.4, 0.5) is 13.2 Å². The van der Waals surface area contributed by atoms with Crippen molar-refractivity contribution < 1.29 is 18.0 Å². The maximum atomic E-state index is 12.5. The Bertz CT molecular complexity index is 379. The molecule has 0 heterocycles. The lowest BCUT2D eigenvalue weighted by molar-refractivity contribution is 0.0998. The van der Waals surface area contributed by atoms with E-state index in [0.29, 0.717) is 0 Å². The fourth-order valence-corrected chi connectivity index (χ4v) is 1.33. The quantitative estimate of drug-likeness (QED) is 0.825. The zero-order chi connectivity index (χ0) is 11.4. The van der Waals surface area contributed by atoms with Crippen LogP contribution in [-0.4, -0.2) is 5.91 Å². The van der Waals surface area contributed by atoms with E-state index in [9.17, 15) is 18.0 Å². The number of hydrogen-bond acceptors (Lipinski definition) is 1. The summed E-state index contributed by atoms with van der Waals surface area (Å²) in [7, 11) is 0. The molecule has 0 saturated carbocycles. The average Bonchev–Trinajstić information content (AvgIpc) is 2.26. The summed E-state index contributed by atoms with van der Waals surface area (Å²) in [5.41, 5.74) is 4.96. The van der Waals surface area contributed by atoms with Gasteiger partial charge in [0, 0.05) is 5.56 Å². The van der Waals surface area contributed by atoms with Crippen LogP contribution in [0.5, 0.6) is 0 Å². The largest absolute Gasteiger partial charge is 0.366 e. The maximum absolute atomic E-state index is 12.5. The Labute approximate surface area is 84.9 Å². The van der Waals surface area contributed by atoms with E-state index in [1.54, 1.807) is 0 Å². The number of halogens is 3. The lowest BCUT2D eigenvalue weighted by Crippen LogP contribution is -2.14. The number of nitrogens with two attached hydrogens (primary N) is 1. The second-order valence-electron chi connectivity index (χ2n) is 3.04. The maximum Gasteiger partial charge on any atom is 0.249 e. The SMILES string of the molecule is NC(=O)c1cc(CF)c(CF)cc1CF. The van der Waals surface area contributed by atoms with Crippen molar-refractivity contribution in [1.29, 1.82) is 0 Å². The number of primary amides is 1. The van der Waals surface area contributed by atoms with Gasteiger partial charge in [-0.15, -0.1) is 0 Å². The van der Waals surface area contributed by atoms with Crippen molar-refractivity contribution in [2.75, 3.05) is 0 Å². The molecule has 1 amide bonds. The first kappa shape index (κ1) is 11.6. The smallest absolute Gasteiger partial charge is 0.249 e. The van der Waals surface area contributed by atoms with Gasteiger partial charge in [0.05, 0.1) is 0 Å². The number of rotatable bonds is 4. The molecule has 0 aromatic heterocycles. The first-order valence-corrected chi connectivity index (χ1v) is 4.26. The number of alkyl halides is 3. The van der Waals surface area contributed by atoms with Crippen molar-refractivity contribution in [1.82, 2.24) is 0 Å². The van der Waals surface area contributed by atoms with Crippen LogP contribution >= 0.6 is 0 Å². The molecule has 0 fully saturated rings. The Morgan fingerprint density at radius 1 is 1.00 bits per heavy atom. The van der Waals surface area contributed by atoms with E-state index in [-0.39, 0.29) is 22.3 Å². The van der Waals surface area contributed by atoms with Gasteiger partial charge >= 0.3 is 0 Å². The van der Waals surface area contributed by atoms with Gasteiger partial charge in [-0.05, 0) is 28.8 Å². The standard InChI is InChI=1S/C10H10F3NO/c11-3-6-1-8(5-13)9(10(14)15)2-7(6)4-12/h1-2H,3-5H2,(H2,14,15). The van der Waals surface area contributed by atoms with E-state index in [1.165, 1.54) is 0 Å². The number of carbonyl (C=O) groups is 1. The minimum Gasteiger partial charge on any atom is -0.366 e. The molecule has 0 spiro atoms. The van der Waals surface area contributed by atoms with Crippen LogP contribution in [0.1, 0.15) is 27.0 Å². The zero-order valence-corrected chi connectivity index (χ0v) is 7.90. The highest BCUT2D eigenvalue weighted by atomic mass is 19.1. The summed E-state index contributed by atoms with van der Waals surface area (Å²) in [4.78, 5) is 10.9. The van der Waals surface area contributed by atoms with Gasteiger partial charge in [-0.3, -0.25) is 4.79 Å². The van der Waals surface area contributed by atoms with E-state index < -0.39 is 25.9 Å². The van der Waals surface area contributed by atoms with Crippen LogP contribution in [-0.2, 0) is 20.0 Å². The molecule has 0 saturated heterocycles. The Kier molecular flexibility index (Phi) is 3.71. The van der Waals surface area contributed by atoms with Crippen molar-refractivity contribution >= 4 is 5.91 Å². The summed E-state index contributed by atoms with van der Waals surface area (Å²) >= 11 is 0. The summed E-state index contributed by atoms with van der Waals surface area (Å²) in [6.07, 6.45) is 0. The first-order valence-electron chi connectivity index (χ1n) is 4.26. The topological polar surface area (TPSA) is 43.1 Å². The van der Waals surface area contributed by atoms with Crippen molar-refractivity contribution in [2.45, 2.75) is 20.0 Å². The van der Waals surface area contributed by atoms with Crippen molar-refractivity contribution in [3.8, 4) is 0 Å². The molecular weight excluding hydrogens is 207 g/mol. The minimum atomic E-state index is -0.933. The van der Waals surface area contributed by atoms with E-state index in [0.717, 1.165) is 12.1 Å². The van der Waals surface area contributed by atoms with E-state index in [1.807, 2.05) is 0 Å². The Balaban J connectivity index is 3.34. The number of hydrogen-bond donors (Lipinski definition) is 1. The molecule has 0 atom stereocenters. The van der Waals surface area contributed by atoms with E-state index in [2.05, 4.69) is 0 Å². The summed E-state index contributed by atoms with van der Waals surface area (Å²) in [5, 5.41) is 0. The van der Waals surface area contributed by atoms with Crippen molar-refractivity contribution in [3.05, 3.63) is 34.4 Å². The third kappa shape index (κ3) is 2.29. The van der Waals surface area contributed by atoms with E-state index in [4.69, 9.17) is 5.73 Å². The van der Waals surface area contributed by atoms with Crippen LogP contribution in [0.2, 0.25) is 0 Å². The molecule has 0 aliphatic carbocycles. The number of benzene rings is 1. The van der Waals surface area contributed by atoms with Gasteiger partial charge in [-0.25, -0.2) is 13.2 Å². The molecule has 1 aromatic rings. The fraction of sp³-hybridized carbons (Fsp3) is 0.300. The molecule has 0 bridgehead atoms. The van der Waals surface area contributed by atoms with Gasteiger partial charge in [0.25, 0.3) is 0 Å². The Hall–Kier alpha value is -1.52. The van der Waals surface area contributed by atoms with Crippen LogP contribution in [0, 0.1) is 0 Å². The van der Waals surface area contributed by atoms with Crippen molar-refractivity contribution in [2.24, 2.45) is 5.73 Å². The third-order valence-electron chi connectivity index (χ3n) is 2.12. The molecule has 15 heavy (non-hydrogen) atoms. The highest BCUT2D eigenvalue weighted by Crippen LogP contribution is 2.20. The van der Waals surface area contributed by atoms with Gasteiger partial charge in [0.1, 0.15) is 20.0 Å². The second-order valence-corrected chi connectivity index (χ2v) is 3.04. The average molecular weight is 217 g/mol. The van der Waals surface area contributed by atoms with Crippen LogP contribution in [0.3, 0.4) is 0 Å². The molecule has 2 nitrogen and oxygen atoms in total. The predicted octanol–water partition coefficient (Wildman–Crippen LogP) is 2.19. The third-order valence-corrected chi connectivity index (χ3v) is 2.12. The molecule has 5 heteroatoms. The zero-order valence-electron chi connectivity index (χ0n) is 7.90. The highest BCUT2D eigenvalue weighted by Gasteiger charge is 2.13. The summed E-state index contributed by atoms with van der Waals surface area (Å²) in [5.74, 6) is -0.845. The van der Waals surface area contributed by atoms with Crippen molar-refractivity contribution in [3.63, 3.8) is 0 Å². The molecule has 0 unspecified atom stereocenters. The van der Waals surface area contributed by atoms with Crippen LogP contribution in [0.25, 0.3) is 0 Å². The molecule has 0 aliphatic heterocycles. The Morgan fingerprint density at radius 3 is 1.87 bits per heavy atom. The molecular formula is C10H10F3NO. The molecule has 0 radical (unpaired) electrons. The van der Waals surface area contributed by atoms with E-state index >= 15 is 0 Å². The minimum absolute atomic E-state index is 0.00708. The summed E-state index contributed by atoms with van der Waals surface area (Å²) in [6, 6.07) is 2.24. The Morgan fingerprint density at radius 2 is 1.47 bits per heavy atom. The molecule has 0 aliphatic rings. The van der Waals surface area contributed by atoms with Crippen LogP contribution in [0.15, 0.2) is 12.1 Å². The van der Waals surface area contributed by atoms with Gasteiger partial charge in [0.15, 0.2) is 0 Å². The number of amides is 1. The normalized spacial score (nSPS) is 10.3. The van der Waals surface area contributed by atoms with Gasteiger partial charge < -0.3 is 5.73 Å². The lowest BCUT2D eigenvalue weighted by Gasteiger charge is -2.09. The van der Waals surface area contributed by atoms with Gasteiger partial charge in [-0.1, -0.05) is 0 Å². The molecule has 1 aromatic carbocycles.